The molecule has 1 fully saturated rings. The number of ether oxygens (including phenoxy) is 2. The summed E-state index contributed by atoms with van der Waals surface area (Å²) in [6, 6.07) is 5.99. The van der Waals surface area contributed by atoms with E-state index in [1.165, 1.54) is 19.3 Å². The minimum absolute atomic E-state index is 0.00748. The third-order valence-corrected chi connectivity index (χ3v) is 5.36. The lowest BCUT2D eigenvalue weighted by Gasteiger charge is -2.29. The maximum absolute atomic E-state index is 12.6. The highest BCUT2D eigenvalue weighted by atomic mass is 16.5. The van der Waals surface area contributed by atoms with Crippen LogP contribution in [-0.2, 0) is 9.47 Å². The fourth-order valence-electron chi connectivity index (χ4n) is 3.97. The Morgan fingerprint density at radius 2 is 2.04 bits per heavy atom. The molecule has 1 aliphatic carbocycles. The first-order chi connectivity index (χ1) is 12.7. The van der Waals surface area contributed by atoms with E-state index >= 15 is 0 Å². The van der Waals surface area contributed by atoms with Crippen molar-refractivity contribution < 1.29 is 14.3 Å². The highest BCUT2D eigenvalue weighted by Crippen LogP contribution is 2.33. The Morgan fingerprint density at radius 3 is 2.73 bits per heavy atom. The molecule has 4 nitrogen and oxygen atoms in total. The summed E-state index contributed by atoms with van der Waals surface area (Å²) in [5, 5.41) is 0. The molecule has 1 aliphatic rings. The quantitative estimate of drug-likeness (QED) is 0.604. The van der Waals surface area contributed by atoms with Gasteiger partial charge in [-0.25, -0.2) is 4.79 Å². The standard InChI is InChI=1S/C22H31NO3/c1-4-14-25-22(24)19-15-17-10-9-13-23(17)21(16(19)3)20(5-2)26-18-11-7-6-8-12-18/h9-10,13,15,18,20H,4-8,11-12,14H2,1-3H3. The zero-order chi connectivity index (χ0) is 18.5. The van der Waals surface area contributed by atoms with Gasteiger partial charge in [0, 0.05) is 11.7 Å². The lowest BCUT2D eigenvalue weighted by Crippen LogP contribution is -2.22. The maximum atomic E-state index is 12.6. The first kappa shape index (κ1) is 19.0. The normalized spacial score (nSPS) is 16.7. The van der Waals surface area contributed by atoms with Crippen LogP contribution in [0.1, 0.15) is 86.5 Å². The Labute approximate surface area is 156 Å². The van der Waals surface area contributed by atoms with Gasteiger partial charge < -0.3 is 13.9 Å². The molecule has 0 N–H and O–H groups in total. The molecule has 0 radical (unpaired) electrons. The van der Waals surface area contributed by atoms with Gasteiger partial charge in [0.05, 0.1) is 30.1 Å². The van der Waals surface area contributed by atoms with Gasteiger partial charge in [0.15, 0.2) is 0 Å². The molecule has 0 aromatic carbocycles. The first-order valence-electron chi connectivity index (χ1n) is 10.1. The lowest BCUT2D eigenvalue weighted by molar-refractivity contribution is -0.0358. The highest BCUT2D eigenvalue weighted by molar-refractivity contribution is 5.92. The monoisotopic (exact) mass is 357 g/mol. The highest BCUT2D eigenvalue weighted by Gasteiger charge is 2.25. The minimum Gasteiger partial charge on any atom is -0.462 e. The van der Waals surface area contributed by atoms with E-state index in [0.29, 0.717) is 18.3 Å². The Bertz CT molecular complexity index is 743. The second-order valence-corrected chi connectivity index (χ2v) is 7.30. The molecule has 2 aromatic heterocycles. The number of carbonyl (C=O) groups excluding carboxylic acids is 1. The molecule has 4 heteroatoms. The molecule has 0 saturated heterocycles. The van der Waals surface area contributed by atoms with Crippen molar-refractivity contribution in [1.29, 1.82) is 0 Å². The van der Waals surface area contributed by atoms with E-state index in [0.717, 1.165) is 42.5 Å². The summed E-state index contributed by atoms with van der Waals surface area (Å²) in [5.74, 6) is -0.234. The van der Waals surface area contributed by atoms with Crippen molar-refractivity contribution in [3.05, 3.63) is 41.2 Å². The number of fused-ring (bicyclic) bond motifs is 1. The second kappa shape index (κ2) is 8.72. The van der Waals surface area contributed by atoms with Crippen LogP contribution in [0.3, 0.4) is 0 Å². The number of hydrogen-bond donors (Lipinski definition) is 0. The molecule has 0 bridgehead atoms. The number of nitrogens with zero attached hydrogens (tertiary/aromatic N) is 1. The number of hydrogen-bond acceptors (Lipinski definition) is 3. The van der Waals surface area contributed by atoms with Crippen molar-refractivity contribution in [1.82, 2.24) is 4.40 Å². The zero-order valence-electron chi connectivity index (χ0n) is 16.3. The van der Waals surface area contributed by atoms with Gasteiger partial charge in [-0.1, -0.05) is 33.1 Å². The van der Waals surface area contributed by atoms with Crippen molar-refractivity contribution in [3.63, 3.8) is 0 Å². The predicted molar refractivity (Wildman–Crippen MR) is 104 cm³/mol. The molecular formula is C22H31NO3. The largest absolute Gasteiger partial charge is 0.462 e. The van der Waals surface area contributed by atoms with E-state index in [9.17, 15) is 4.79 Å². The van der Waals surface area contributed by atoms with Gasteiger partial charge in [0.2, 0.25) is 0 Å². The SMILES string of the molecule is CCCOC(=O)c1cc2cccn2c(C(CC)OC2CCCCC2)c1C. The average Bonchev–Trinajstić information content (AvgIpc) is 3.13. The fourth-order valence-corrected chi connectivity index (χ4v) is 3.97. The number of carbonyl (C=O) groups is 1. The third-order valence-electron chi connectivity index (χ3n) is 5.36. The predicted octanol–water partition coefficient (Wildman–Crippen LogP) is 5.61. The summed E-state index contributed by atoms with van der Waals surface area (Å²) in [6.45, 7) is 6.64. The van der Waals surface area contributed by atoms with Crippen molar-refractivity contribution in [2.75, 3.05) is 6.61 Å². The van der Waals surface area contributed by atoms with Crippen LogP contribution in [0, 0.1) is 6.92 Å². The number of pyridine rings is 1. The summed E-state index contributed by atoms with van der Waals surface area (Å²) < 4.78 is 14.1. The zero-order valence-corrected chi connectivity index (χ0v) is 16.3. The van der Waals surface area contributed by atoms with Crippen molar-refractivity contribution >= 4 is 11.5 Å². The van der Waals surface area contributed by atoms with Crippen LogP contribution in [0.15, 0.2) is 24.4 Å². The van der Waals surface area contributed by atoms with Crippen molar-refractivity contribution in [2.24, 2.45) is 0 Å². The smallest absolute Gasteiger partial charge is 0.338 e. The van der Waals surface area contributed by atoms with Gasteiger partial charge in [-0.3, -0.25) is 0 Å². The van der Waals surface area contributed by atoms with Crippen LogP contribution in [0.5, 0.6) is 0 Å². The summed E-state index contributed by atoms with van der Waals surface area (Å²) in [6.07, 6.45) is 10.2. The van der Waals surface area contributed by atoms with Crippen molar-refractivity contribution in [2.45, 2.75) is 77.9 Å². The van der Waals surface area contributed by atoms with Crippen LogP contribution >= 0.6 is 0 Å². The second-order valence-electron chi connectivity index (χ2n) is 7.30. The van der Waals surface area contributed by atoms with E-state index in [1.54, 1.807) is 0 Å². The van der Waals surface area contributed by atoms with Gasteiger partial charge in [-0.2, -0.15) is 0 Å². The number of aromatic nitrogens is 1. The topological polar surface area (TPSA) is 39.9 Å². The number of rotatable bonds is 7. The van der Waals surface area contributed by atoms with Crippen LogP contribution in [-0.4, -0.2) is 23.1 Å². The third kappa shape index (κ3) is 3.96. The summed E-state index contributed by atoms with van der Waals surface area (Å²) >= 11 is 0. The van der Waals surface area contributed by atoms with Gasteiger partial charge in [-0.15, -0.1) is 0 Å². The van der Waals surface area contributed by atoms with E-state index in [-0.39, 0.29) is 12.1 Å². The fraction of sp³-hybridized carbons (Fsp3) is 0.591. The molecule has 1 unspecified atom stereocenters. The van der Waals surface area contributed by atoms with E-state index in [1.807, 2.05) is 32.0 Å². The Balaban J connectivity index is 1.97. The Hall–Kier alpha value is -1.81. The molecule has 0 aliphatic heterocycles. The molecule has 0 amide bonds. The van der Waals surface area contributed by atoms with Crippen molar-refractivity contribution in [3.8, 4) is 0 Å². The molecular weight excluding hydrogens is 326 g/mol. The van der Waals surface area contributed by atoms with Gasteiger partial charge in [-0.05, 0) is 56.4 Å². The molecule has 1 saturated carbocycles. The molecule has 26 heavy (non-hydrogen) atoms. The minimum atomic E-state index is -0.234. The average molecular weight is 357 g/mol. The summed E-state index contributed by atoms with van der Waals surface area (Å²) in [4.78, 5) is 12.6. The molecule has 0 spiro atoms. The molecule has 2 aromatic rings. The van der Waals surface area contributed by atoms with Crippen LogP contribution in [0.25, 0.3) is 5.52 Å². The van der Waals surface area contributed by atoms with E-state index < -0.39 is 0 Å². The van der Waals surface area contributed by atoms with Gasteiger partial charge in [0.25, 0.3) is 0 Å². The summed E-state index contributed by atoms with van der Waals surface area (Å²) in [7, 11) is 0. The molecule has 142 valence electrons. The van der Waals surface area contributed by atoms with Gasteiger partial charge in [0.1, 0.15) is 0 Å². The molecule has 3 rings (SSSR count). The first-order valence-corrected chi connectivity index (χ1v) is 10.1. The molecule has 1 atom stereocenters. The number of esters is 1. The Kier molecular flexibility index (Phi) is 6.36. The van der Waals surface area contributed by atoms with Gasteiger partial charge >= 0.3 is 5.97 Å². The van der Waals surface area contributed by atoms with E-state index in [2.05, 4.69) is 17.5 Å². The van der Waals surface area contributed by atoms with Crippen LogP contribution < -0.4 is 0 Å². The van der Waals surface area contributed by atoms with Crippen LogP contribution in [0.4, 0.5) is 0 Å². The Morgan fingerprint density at radius 1 is 1.27 bits per heavy atom. The van der Waals surface area contributed by atoms with E-state index in [4.69, 9.17) is 9.47 Å². The maximum Gasteiger partial charge on any atom is 0.338 e. The van der Waals surface area contributed by atoms with Crippen LogP contribution in [0.2, 0.25) is 0 Å². The summed E-state index contributed by atoms with van der Waals surface area (Å²) in [5.41, 5.74) is 3.73. The lowest BCUT2D eigenvalue weighted by atomic mass is 9.96. The molecule has 2 heterocycles.